The van der Waals surface area contributed by atoms with Crippen molar-refractivity contribution in [3.05, 3.63) is 30.2 Å². The fourth-order valence-electron chi connectivity index (χ4n) is 3.42. The largest absolute Gasteiger partial charge is 0.455 e. The third kappa shape index (κ3) is 3.38. The first-order valence-electron chi connectivity index (χ1n) is 8.91. The van der Waals surface area contributed by atoms with Gasteiger partial charge >= 0.3 is 5.97 Å². The van der Waals surface area contributed by atoms with Crippen LogP contribution in [0.5, 0.6) is 0 Å². The summed E-state index contributed by atoms with van der Waals surface area (Å²) in [6.07, 6.45) is 2.50. The predicted octanol–water partition coefficient (Wildman–Crippen LogP) is 2.73. The molecular formula is C19H22N2O4. The summed E-state index contributed by atoms with van der Waals surface area (Å²) in [5.41, 5.74) is 1.68. The summed E-state index contributed by atoms with van der Waals surface area (Å²) in [5.74, 6) is 1.03. The highest BCUT2D eigenvalue weighted by Gasteiger charge is 2.40. The van der Waals surface area contributed by atoms with E-state index in [2.05, 4.69) is 4.98 Å². The van der Waals surface area contributed by atoms with Crippen LogP contribution in [0.2, 0.25) is 0 Å². The Hall–Kier alpha value is -2.37. The van der Waals surface area contributed by atoms with E-state index >= 15 is 0 Å². The molecule has 132 valence electrons. The molecule has 1 saturated heterocycles. The van der Waals surface area contributed by atoms with E-state index in [1.807, 2.05) is 31.2 Å². The van der Waals surface area contributed by atoms with E-state index in [4.69, 9.17) is 9.15 Å². The Morgan fingerprint density at radius 2 is 2.00 bits per heavy atom. The molecule has 0 bridgehead atoms. The maximum atomic E-state index is 12.2. The van der Waals surface area contributed by atoms with Crippen LogP contribution in [-0.2, 0) is 14.3 Å². The molecule has 1 saturated carbocycles. The lowest BCUT2D eigenvalue weighted by Gasteiger charge is -2.30. The molecule has 2 aromatic rings. The molecule has 1 aromatic heterocycles. The molecule has 2 heterocycles. The number of fused-ring (bicyclic) bond motifs is 1. The zero-order chi connectivity index (χ0) is 17.4. The van der Waals surface area contributed by atoms with Crippen LogP contribution in [0.1, 0.15) is 38.0 Å². The number of nitrogens with zero attached hydrogens (tertiary/aromatic N) is 2. The average molecular weight is 342 g/mol. The van der Waals surface area contributed by atoms with Crippen LogP contribution < -0.4 is 0 Å². The Labute approximate surface area is 146 Å². The summed E-state index contributed by atoms with van der Waals surface area (Å²) in [5, 5.41) is 0. The molecule has 6 nitrogen and oxygen atoms in total. The number of oxazole rings is 1. The summed E-state index contributed by atoms with van der Waals surface area (Å²) < 4.78 is 11.0. The summed E-state index contributed by atoms with van der Waals surface area (Å²) in [7, 11) is 0. The SMILES string of the molecule is C[C@@H]1C[C@@H]1C(=O)OCC(=O)N1CCC(c2nc3ccccc3o2)CC1. The van der Waals surface area contributed by atoms with Crippen molar-refractivity contribution >= 4 is 23.0 Å². The van der Waals surface area contributed by atoms with Gasteiger partial charge in [0.15, 0.2) is 18.1 Å². The number of piperidine rings is 1. The molecular weight excluding hydrogens is 320 g/mol. The second-order valence-electron chi connectivity index (χ2n) is 7.10. The first kappa shape index (κ1) is 16.1. The van der Waals surface area contributed by atoms with E-state index in [1.54, 1.807) is 4.90 Å². The Morgan fingerprint density at radius 1 is 1.28 bits per heavy atom. The summed E-state index contributed by atoms with van der Waals surface area (Å²) in [4.78, 5) is 30.3. The second-order valence-corrected chi connectivity index (χ2v) is 7.10. The minimum Gasteiger partial charge on any atom is -0.455 e. The lowest BCUT2D eigenvalue weighted by Crippen LogP contribution is -2.40. The monoisotopic (exact) mass is 342 g/mol. The molecule has 0 N–H and O–H groups in total. The molecule has 6 heteroatoms. The molecule has 1 aliphatic carbocycles. The molecule has 0 unspecified atom stereocenters. The Kier molecular flexibility index (Phi) is 4.19. The minimum atomic E-state index is -0.234. The minimum absolute atomic E-state index is 0.00213. The van der Waals surface area contributed by atoms with Gasteiger partial charge in [0.2, 0.25) is 0 Å². The highest BCUT2D eigenvalue weighted by molar-refractivity contribution is 5.82. The van der Waals surface area contributed by atoms with Gasteiger partial charge in [0.1, 0.15) is 5.52 Å². The third-order valence-corrected chi connectivity index (χ3v) is 5.26. The van der Waals surface area contributed by atoms with Gasteiger partial charge in [0.05, 0.1) is 5.92 Å². The predicted molar refractivity (Wildman–Crippen MR) is 90.8 cm³/mol. The number of hydrogen-bond acceptors (Lipinski definition) is 5. The number of amides is 1. The van der Waals surface area contributed by atoms with Crippen LogP contribution >= 0.6 is 0 Å². The first-order valence-corrected chi connectivity index (χ1v) is 8.91. The van der Waals surface area contributed by atoms with Crippen LogP contribution in [-0.4, -0.2) is 41.5 Å². The number of ether oxygens (including phenoxy) is 1. The molecule has 2 aliphatic rings. The van der Waals surface area contributed by atoms with Crippen LogP contribution in [0, 0.1) is 11.8 Å². The lowest BCUT2D eigenvalue weighted by molar-refractivity contribution is -0.153. The van der Waals surface area contributed by atoms with E-state index in [0.717, 1.165) is 36.3 Å². The van der Waals surface area contributed by atoms with E-state index < -0.39 is 0 Å². The van der Waals surface area contributed by atoms with E-state index in [1.165, 1.54) is 0 Å². The molecule has 1 aliphatic heterocycles. The van der Waals surface area contributed by atoms with Crippen LogP contribution in [0.25, 0.3) is 11.1 Å². The summed E-state index contributed by atoms with van der Waals surface area (Å²) in [6, 6.07) is 7.73. The van der Waals surface area contributed by atoms with Crippen molar-refractivity contribution in [1.82, 2.24) is 9.88 Å². The Balaban J connectivity index is 1.28. The number of esters is 1. The number of rotatable bonds is 4. The number of benzene rings is 1. The second kappa shape index (κ2) is 6.50. The van der Waals surface area contributed by atoms with Crippen molar-refractivity contribution in [3.63, 3.8) is 0 Å². The Bertz CT molecular complexity index is 759. The van der Waals surface area contributed by atoms with Crippen LogP contribution in [0.15, 0.2) is 28.7 Å². The molecule has 1 amide bonds. The van der Waals surface area contributed by atoms with E-state index in [9.17, 15) is 9.59 Å². The van der Waals surface area contributed by atoms with Crippen molar-refractivity contribution in [2.75, 3.05) is 19.7 Å². The van der Waals surface area contributed by atoms with Crippen molar-refractivity contribution < 1.29 is 18.7 Å². The summed E-state index contributed by atoms with van der Waals surface area (Å²) >= 11 is 0. The van der Waals surface area contributed by atoms with Gasteiger partial charge in [0, 0.05) is 19.0 Å². The maximum absolute atomic E-state index is 12.2. The molecule has 0 spiro atoms. The smallest absolute Gasteiger partial charge is 0.309 e. The average Bonchev–Trinajstić information content (AvgIpc) is 3.21. The normalized spacial score (nSPS) is 23.6. The van der Waals surface area contributed by atoms with E-state index in [0.29, 0.717) is 19.0 Å². The fraction of sp³-hybridized carbons (Fsp3) is 0.526. The topological polar surface area (TPSA) is 72.6 Å². The quantitative estimate of drug-likeness (QED) is 0.799. The van der Waals surface area contributed by atoms with Gasteiger partial charge in [0.25, 0.3) is 5.91 Å². The number of aromatic nitrogens is 1. The highest BCUT2D eigenvalue weighted by Crippen LogP contribution is 2.38. The van der Waals surface area contributed by atoms with Gasteiger partial charge in [-0.2, -0.15) is 0 Å². The number of carbonyl (C=O) groups is 2. The van der Waals surface area contributed by atoms with Crippen LogP contribution in [0.4, 0.5) is 0 Å². The standard InChI is InChI=1S/C19H22N2O4/c1-12-10-14(12)19(23)24-11-17(22)21-8-6-13(7-9-21)18-20-15-4-2-3-5-16(15)25-18/h2-5,12-14H,6-11H2,1H3/t12-,14+/m1/s1. The van der Waals surface area contributed by atoms with E-state index in [-0.39, 0.29) is 30.3 Å². The maximum Gasteiger partial charge on any atom is 0.309 e. The number of carbonyl (C=O) groups excluding carboxylic acids is 2. The van der Waals surface area contributed by atoms with Crippen molar-refractivity contribution in [2.24, 2.45) is 11.8 Å². The Morgan fingerprint density at radius 3 is 2.68 bits per heavy atom. The summed E-state index contributed by atoms with van der Waals surface area (Å²) in [6.45, 7) is 3.15. The molecule has 4 rings (SSSR count). The number of hydrogen-bond donors (Lipinski definition) is 0. The lowest BCUT2D eigenvalue weighted by atomic mass is 9.97. The van der Waals surface area contributed by atoms with Gasteiger partial charge in [-0.25, -0.2) is 4.98 Å². The van der Waals surface area contributed by atoms with Gasteiger partial charge < -0.3 is 14.1 Å². The number of likely N-dealkylation sites (tertiary alicyclic amines) is 1. The number of para-hydroxylation sites is 2. The van der Waals surface area contributed by atoms with Gasteiger partial charge in [-0.1, -0.05) is 19.1 Å². The third-order valence-electron chi connectivity index (χ3n) is 5.26. The van der Waals surface area contributed by atoms with Gasteiger partial charge in [-0.05, 0) is 37.3 Å². The van der Waals surface area contributed by atoms with Crippen molar-refractivity contribution in [3.8, 4) is 0 Å². The molecule has 1 aromatic carbocycles. The zero-order valence-electron chi connectivity index (χ0n) is 14.3. The highest BCUT2D eigenvalue weighted by atomic mass is 16.5. The molecule has 2 atom stereocenters. The molecule has 25 heavy (non-hydrogen) atoms. The van der Waals surface area contributed by atoms with Gasteiger partial charge in [-0.15, -0.1) is 0 Å². The molecule has 2 fully saturated rings. The molecule has 0 radical (unpaired) electrons. The van der Waals surface area contributed by atoms with Crippen LogP contribution in [0.3, 0.4) is 0 Å². The zero-order valence-corrected chi connectivity index (χ0v) is 14.3. The fourth-order valence-corrected chi connectivity index (χ4v) is 3.42. The first-order chi connectivity index (χ1) is 12.1. The van der Waals surface area contributed by atoms with Gasteiger partial charge in [-0.3, -0.25) is 9.59 Å². The van der Waals surface area contributed by atoms with Crippen molar-refractivity contribution in [1.29, 1.82) is 0 Å². The van der Waals surface area contributed by atoms with Crippen molar-refractivity contribution in [2.45, 2.75) is 32.1 Å².